The fraction of sp³-hybridized carbons (Fsp3) is 0.167. The molecule has 1 N–H and O–H groups in total. The summed E-state index contributed by atoms with van der Waals surface area (Å²) < 4.78 is 11.3. The summed E-state index contributed by atoms with van der Waals surface area (Å²) in [5.74, 6) is 0.722. The second-order valence-electron chi connectivity index (χ2n) is 7.58. The molecule has 1 aromatic heterocycles. The number of hydrogen-bond donors (Lipinski definition) is 1. The van der Waals surface area contributed by atoms with Crippen molar-refractivity contribution >= 4 is 28.4 Å². The summed E-state index contributed by atoms with van der Waals surface area (Å²) in [6, 6.07) is 16.6. The van der Waals surface area contributed by atoms with Gasteiger partial charge in [0.2, 0.25) is 5.89 Å². The molecule has 0 unspecified atom stereocenters. The summed E-state index contributed by atoms with van der Waals surface area (Å²) in [5, 5.41) is 13.8. The Balaban J connectivity index is 1.67. The van der Waals surface area contributed by atoms with E-state index in [4.69, 9.17) is 9.15 Å². The number of oxazole rings is 1. The number of non-ortho nitro benzene ring substituents is 1. The van der Waals surface area contributed by atoms with Crippen LogP contribution < -0.4 is 10.1 Å². The average Bonchev–Trinajstić information content (AvgIpc) is 3.22. The molecule has 4 rings (SSSR count). The number of anilines is 1. The Morgan fingerprint density at radius 1 is 1.12 bits per heavy atom. The van der Waals surface area contributed by atoms with E-state index in [1.54, 1.807) is 18.2 Å². The number of benzene rings is 3. The molecule has 162 valence electrons. The van der Waals surface area contributed by atoms with Crippen LogP contribution in [0.3, 0.4) is 0 Å². The van der Waals surface area contributed by atoms with E-state index in [0.717, 1.165) is 11.1 Å². The summed E-state index contributed by atoms with van der Waals surface area (Å²) in [5.41, 5.74) is 3.64. The molecule has 1 heterocycles. The van der Waals surface area contributed by atoms with Crippen LogP contribution in [0.25, 0.3) is 22.6 Å². The van der Waals surface area contributed by atoms with Gasteiger partial charge in [0.1, 0.15) is 11.3 Å². The molecular formula is C24H21N3O5. The van der Waals surface area contributed by atoms with Gasteiger partial charge in [-0.05, 0) is 47.9 Å². The van der Waals surface area contributed by atoms with Gasteiger partial charge in [0, 0.05) is 23.3 Å². The number of methoxy groups -OCH3 is 1. The first-order chi connectivity index (χ1) is 15.4. The molecule has 3 aromatic carbocycles. The summed E-state index contributed by atoms with van der Waals surface area (Å²) in [6.07, 6.45) is 0. The lowest BCUT2D eigenvalue weighted by molar-refractivity contribution is -0.384. The molecule has 0 aliphatic carbocycles. The van der Waals surface area contributed by atoms with Crippen molar-refractivity contribution in [3.8, 4) is 17.2 Å². The second-order valence-corrected chi connectivity index (χ2v) is 7.58. The number of nitrogens with one attached hydrogen (secondary N) is 1. The van der Waals surface area contributed by atoms with Crippen molar-refractivity contribution in [1.82, 2.24) is 4.98 Å². The first-order valence-electron chi connectivity index (χ1n) is 10.0. The molecule has 4 aromatic rings. The average molecular weight is 431 g/mol. The smallest absolute Gasteiger partial charge is 0.270 e. The van der Waals surface area contributed by atoms with Gasteiger partial charge in [-0.2, -0.15) is 0 Å². The molecule has 0 aliphatic rings. The molecule has 0 saturated heterocycles. The maximum Gasteiger partial charge on any atom is 0.270 e. The highest BCUT2D eigenvalue weighted by molar-refractivity contribution is 6.05. The highest BCUT2D eigenvalue weighted by atomic mass is 16.6. The van der Waals surface area contributed by atoms with E-state index in [2.05, 4.69) is 24.1 Å². The lowest BCUT2D eigenvalue weighted by Gasteiger charge is -2.11. The van der Waals surface area contributed by atoms with E-state index in [1.807, 2.05) is 18.2 Å². The molecule has 0 saturated carbocycles. The first-order valence-corrected chi connectivity index (χ1v) is 10.0. The summed E-state index contributed by atoms with van der Waals surface area (Å²) in [6.45, 7) is 4.23. The van der Waals surface area contributed by atoms with Crippen LogP contribution in [0.15, 0.2) is 65.1 Å². The molecule has 0 radical (unpaired) electrons. The topological polar surface area (TPSA) is 108 Å². The van der Waals surface area contributed by atoms with Gasteiger partial charge in [0.05, 0.1) is 17.7 Å². The SMILES string of the molecule is COc1ccc(-c2nc3cc(C(C)C)ccc3o2)cc1NC(=O)c1cccc([N+](=O)[O-])c1. The Kier molecular flexibility index (Phi) is 5.59. The summed E-state index contributed by atoms with van der Waals surface area (Å²) in [4.78, 5) is 27.8. The zero-order valence-corrected chi connectivity index (χ0v) is 17.8. The van der Waals surface area contributed by atoms with Crippen LogP contribution in [0, 0.1) is 10.1 Å². The number of nitrogens with zero attached hydrogens (tertiary/aromatic N) is 2. The third-order valence-electron chi connectivity index (χ3n) is 5.09. The van der Waals surface area contributed by atoms with Gasteiger partial charge in [0.25, 0.3) is 11.6 Å². The summed E-state index contributed by atoms with van der Waals surface area (Å²) in [7, 11) is 1.49. The minimum Gasteiger partial charge on any atom is -0.495 e. The highest BCUT2D eigenvalue weighted by Crippen LogP contribution is 2.33. The van der Waals surface area contributed by atoms with Crippen LogP contribution in [-0.2, 0) is 0 Å². The zero-order chi connectivity index (χ0) is 22.8. The van der Waals surface area contributed by atoms with Gasteiger partial charge in [-0.25, -0.2) is 4.98 Å². The van der Waals surface area contributed by atoms with Gasteiger partial charge in [-0.1, -0.05) is 26.0 Å². The Hall–Kier alpha value is -4.20. The molecule has 0 fully saturated rings. The maximum atomic E-state index is 12.7. The second kappa shape index (κ2) is 8.50. The Labute approximate surface area is 184 Å². The Bertz CT molecular complexity index is 1330. The van der Waals surface area contributed by atoms with Crippen LogP contribution >= 0.6 is 0 Å². The van der Waals surface area contributed by atoms with Gasteiger partial charge < -0.3 is 14.5 Å². The molecule has 0 atom stereocenters. The number of hydrogen-bond acceptors (Lipinski definition) is 6. The number of nitro benzene ring substituents is 1. The largest absolute Gasteiger partial charge is 0.495 e. The van der Waals surface area contributed by atoms with Gasteiger partial charge in [-0.15, -0.1) is 0 Å². The number of carbonyl (C=O) groups excluding carboxylic acids is 1. The predicted molar refractivity (Wildman–Crippen MR) is 121 cm³/mol. The van der Waals surface area contributed by atoms with Crippen LogP contribution in [0.5, 0.6) is 5.75 Å². The van der Waals surface area contributed by atoms with Crippen molar-refractivity contribution in [1.29, 1.82) is 0 Å². The maximum absolute atomic E-state index is 12.7. The number of aromatic nitrogens is 1. The van der Waals surface area contributed by atoms with E-state index < -0.39 is 10.8 Å². The standard InChI is InChI=1S/C24H21N3O5/c1-14(2)15-7-10-22-20(12-15)26-24(32-22)17-8-9-21(31-3)19(13-17)25-23(28)16-5-4-6-18(11-16)27(29)30/h4-14H,1-3H3,(H,25,28). The lowest BCUT2D eigenvalue weighted by atomic mass is 10.0. The van der Waals surface area contributed by atoms with Crippen molar-refractivity contribution in [3.63, 3.8) is 0 Å². The molecule has 1 amide bonds. The molecule has 0 aliphatic heterocycles. The molecule has 32 heavy (non-hydrogen) atoms. The number of amides is 1. The van der Waals surface area contributed by atoms with Crippen LogP contribution in [-0.4, -0.2) is 22.9 Å². The quantitative estimate of drug-likeness (QED) is 0.306. The summed E-state index contributed by atoms with van der Waals surface area (Å²) >= 11 is 0. The number of ether oxygens (including phenoxy) is 1. The number of rotatable bonds is 6. The number of carbonyl (C=O) groups is 1. The Morgan fingerprint density at radius 2 is 1.94 bits per heavy atom. The molecule has 0 bridgehead atoms. The van der Waals surface area contributed by atoms with E-state index >= 15 is 0 Å². The zero-order valence-electron chi connectivity index (χ0n) is 17.8. The van der Waals surface area contributed by atoms with Crippen molar-refractivity contribution in [3.05, 3.63) is 81.9 Å². The van der Waals surface area contributed by atoms with E-state index in [9.17, 15) is 14.9 Å². The van der Waals surface area contributed by atoms with Crippen molar-refractivity contribution in [2.24, 2.45) is 0 Å². The van der Waals surface area contributed by atoms with Crippen LogP contribution in [0.2, 0.25) is 0 Å². The van der Waals surface area contributed by atoms with Gasteiger partial charge in [-0.3, -0.25) is 14.9 Å². The normalized spacial score (nSPS) is 11.0. The van der Waals surface area contributed by atoms with Crippen molar-refractivity contribution in [2.75, 3.05) is 12.4 Å². The molecule has 0 spiro atoms. The first kappa shape index (κ1) is 21.0. The van der Waals surface area contributed by atoms with E-state index in [0.29, 0.717) is 34.4 Å². The van der Waals surface area contributed by atoms with Gasteiger partial charge in [0.15, 0.2) is 5.58 Å². The van der Waals surface area contributed by atoms with Gasteiger partial charge >= 0.3 is 0 Å². The van der Waals surface area contributed by atoms with E-state index in [1.165, 1.54) is 31.4 Å². The van der Waals surface area contributed by atoms with Crippen molar-refractivity contribution in [2.45, 2.75) is 19.8 Å². The van der Waals surface area contributed by atoms with Crippen molar-refractivity contribution < 1.29 is 18.9 Å². The fourth-order valence-corrected chi connectivity index (χ4v) is 3.32. The number of fused-ring (bicyclic) bond motifs is 1. The minimum absolute atomic E-state index is 0.161. The minimum atomic E-state index is -0.546. The fourth-order valence-electron chi connectivity index (χ4n) is 3.32. The number of nitro groups is 1. The third-order valence-corrected chi connectivity index (χ3v) is 5.09. The highest BCUT2D eigenvalue weighted by Gasteiger charge is 2.16. The van der Waals surface area contributed by atoms with E-state index in [-0.39, 0.29) is 11.3 Å². The van der Waals surface area contributed by atoms with Crippen LogP contribution in [0.4, 0.5) is 11.4 Å². The molecule has 8 heteroatoms. The predicted octanol–water partition coefficient (Wildman–Crippen LogP) is 5.79. The lowest BCUT2D eigenvalue weighted by Crippen LogP contribution is -2.13. The third kappa shape index (κ3) is 4.15. The monoisotopic (exact) mass is 431 g/mol. The Morgan fingerprint density at radius 3 is 2.66 bits per heavy atom. The molecular weight excluding hydrogens is 410 g/mol. The molecule has 8 nitrogen and oxygen atoms in total. The van der Waals surface area contributed by atoms with Crippen LogP contribution in [0.1, 0.15) is 35.7 Å².